The molecule has 3 atom stereocenters. The standard InChI is InChI=1S/C30H33BrN2O4/c1-4-5-6-22-12-13-23(30(31)32-22)24(21-11-14-26-27(15-21)36-18-35-26)16-28-33-25(17-34-3)29(37-28)20-9-7-19(2)8-10-20/h7-15,24-25,29H,4-6,16-18H2,1-3H3/t24-,25-,29-/m0/s1. The summed E-state index contributed by atoms with van der Waals surface area (Å²) in [5.74, 6) is 2.21. The highest BCUT2D eigenvalue weighted by Crippen LogP contribution is 2.41. The van der Waals surface area contributed by atoms with Crippen molar-refractivity contribution in [3.05, 3.63) is 87.1 Å². The van der Waals surface area contributed by atoms with Gasteiger partial charge in [-0.1, -0.05) is 55.3 Å². The summed E-state index contributed by atoms with van der Waals surface area (Å²) in [7, 11) is 1.71. The Bertz CT molecular complexity index is 1260. The lowest BCUT2D eigenvalue weighted by Crippen LogP contribution is -2.19. The Morgan fingerprint density at radius 3 is 2.62 bits per heavy atom. The average molecular weight is 566 g/mol. The Balaban J connectivity index is 1.46. The van der Waals surface area contributed by atoms with Gasteiger partial charge in [0.1, 0.15) is 16.7 Å². The first-order chi connectivity index (χ1) is 18.1. The molecule has 2 aliphatic rings. The lowest BCUT2D eigenvalue weighted by atomic mass is 9.89. The molecule has 0 amide bonds. The molecule has 2 aromatic carbocycles. The van der Waals surface area contributed by atoms with Crippen molar-refractivity contribution in [2.24, 2.45) is 4.99 Å². The van der Waals surface area contributed by atoms with Crippen LogP contribution in [0.3, 0.4) is 0 Å². The number of halogens is 1. The molecule has 5 rings (SSSR count). The summed E-state index contributed by atoms with van der Waals surface area (Å²) in [6.45, 7) is 5.02. The van der Waals surface area contributed by atoms with E-state index in [1.54, 1.807) is 7.11 Å². The number of hydrogen-bond acceptors (Lipinski definition) is 6. The van der Waals surface area contributed by atoms with Crippen molar-refractivity contribution >= 4 is 21.8 Å². The first-order valence-electron chi connectivity index (χ1n) is 12.9. The minimum Gasteiger partial charge on any atom is -0.471 e. The van der Waals surface area contributed by atoms with Gasteiger partial charge in [-0.2, -0.15) is 0 Å². The van der Waals surface area contributed by atoms with Crippen LogP contribution in [0.4, 0.5) is 0 Å². The summed E-state index contributed by atoms with van der Waals surface area (Å²) in [6, 6.07) is 18.8. The summed E-state index contributed by atoms with van der Waals surface area (Å²) in [5.41, 5.74) is 5.60. The summed E-state index contributed by atoms with van der Waals surface area (Å²) >= 11 is 3.77. The van der Waals surface area contributed by atoms with Crippen LogP contribution in [0, 0.1) is 6.92 Å². The lowest BCUT2D eigenvalue weighted by Gasteiger charge is -2.21. The van der Waals surface area contributed by atoms with Gasteiger partial charge in [0.25, 0.3) is 0 Å². The highest BCUT2D eigenvalue weighted by Gasteiger charge is 2.34. The van der Waals surface area contributed by atoms with Gasteiger partial charge in [0.2, 0.25) is 6.79 Å². The number of unbranched alkanes of at least 4 members (excludes halogenated alkanes) is 1. The predicted molar refractivity (Wildman–Crippen MR) is 148 cm³/mol. The minimum atomic E-state index is -0.175. The van der Waals surface area contributed by atoms with Crippen LogP contribution in [0.1, 0.15) is 66.2 Å². The fraction of sp³-hybridized carbons (Fsp3) is 0.400. The molecule has 7 heteroatoms. The molecule has 0 N–H and O–H groups in total. The number of aryl methyl sites for hydroxylation is 2. The summed E-state index contributed by atoms with van der Waals surface area (Å²) in [6.07, 6.45) is 3.65. The van der Waals surface area contributed by atoms with E-state index in [2.05, 4.69) is 78.3 Å². The van der Waals surface area contributed by atoms with Crippen molar-refractivity contribution < 1.29 is 18.9 Å². The topological polar surface area (TPSA) is 62.2 Å². The van der Waals surface area contributed by atoms with Crippen molar-refractivity contribution in [3.8, 4) is 11.5 Å². The van der Waals surface area contributed by atoms with Gasteiger partial charge >= 0.3 is 0 Å². The van der Waals surface area contributed by atoms with Crippen LogP contribution >= 0.6 is 15.9 Å². The summed E-state index contributed by atoms with van der Waals surface area (Å²) in [4.78, 5) is 9.87. The van der Waals surface area contributed by atoms with Crippen LogP contribution in [0.25, 0.3) is 0 Å². The lowest BCUT2D eigenvalue weighted by molar-refractivity contribution is 0.118. The van der Waals surface area contributed by atoms with Crippen LogP contribution in [-0.2, 0) is 15.9 Å². The van der Waals surface area contributed by atoms with Gasteiger partial charge in [-0.3, -0.25) is 0 Å². The van der Waals surface area contributed by atoms with Crippen molar-refractivity contribution in [3.63, 3.8) is 0 Å². The molecule has 0 saturated carbocycles. The maximum atomic E-state index is 6.51. The third-order valence-electron chi connectivity index (χ3n) is 6.94. The smallest absolute Gasteiger partial charge is 0.231 e. The molecule has 0 radical (unpaired) electrons. The van der Waals surface area contributed by atoms with Crippen molar-refractivity contribution in [1.29, 1.82) is 0 Å². The third-order valence-corrected chi connectivity index (χ3v) is 7.58. The van der Waals surface area contributed by atoms with Crippen molar-refractivity contribution in [2.45, 2.75) is 57.6 Å². The van der Waals surface area contributed by atoms with Crippen LogP contribution < -0.4 is 9.47 Å². The molecule has 194 valence electrons. The molecule has 0 aliphatic carbocycles. The number of benzene rings is 2. The van der Waals surface area contributed by atoms with E-state index < -0.39 is 0 Å². The molecule has 0 fully saturated rings. The second-order valence-corrected chi connectivity index (χ2v) is 10.4. The summed E-state index contributed by atoms with van der Waals surface area (Å²) < 4.78 is 24.1. The number of ether oxygens (including phenoxy) is 4. The van der Waals surface area contributed by atoms with Gasteiger partial charge in [0.05, 0.1) is 6.61 Å². The SMILES string of the molecule is CCCCc1ccc([C@@H](CC2=N[C@@H](COC)[C@H](c3ccc(C)cc3)O2)c2ccc3c(c2)OCO3)c(Br)n1. The normalized spacial score (nSPS) is 19.0. The van der Waals surface area contributed by atoms with Gasteiger partial charge in [0, 0.05) is 25.1 Å². The molecule has 3 aromatic rings. The monoisotopic (exact) mass is 564 g/mol. The van der Waals surface area contributed by atoms with E-state index >= 15 is 0 Å². The molecule has 0 unspecified atom stereocenters. The second-order valence-electron chi connectivity index (χ2n) is 9.65. The Morgan fingerprint density at radius 1 is 1.05 bits per heavy atom. The molecule has 1 aromatic heterocycles. The number of hydrogen-bond donors (Lipinski definition) is 0. The van der Waals surface area contributed by atoms with Crippen LogP contribution in [0.5, 0.6) is 11.5 Å². The Hall–Kier alpha value is -2.90. The van der Waals surface area contributed by atoms with Gasteiger partial charge in [-0.05, 0) is 70.6 Å². The molecule has 0 spiro atoms. The number of aliphatic imine (C=N–C) groups is 1. The van der Waals surface area contributed by atoms with Crippen molar-refractivity contribution in [1.82, 2.24) is 4.98 Å². The average Bonchev–Trinajstić information content (AvgIpc) is 3.53. The third kappa shape index (κ3) is 5.83. The first-order valence-corrected chi connectivity index (χ1v) is 13.7. The van der Waals surface area contributed by atoms with E-state index in [4.69, 9.17) is 28.9 Å². The zero-order chi connectivity index (χ0) is 25.8. The maximum absolute atomic E-state index is 6.51. The van der Waals surface area contributed by atoms with E-state index in [1.807, 2.05) is 6.07 Å². The molecule has 0 saturated heterocycles. The molecule has 0 bridgehead atoms. The number of methoxy groups -OCH3 is 1. The number of aromatic nitrogens is 1. The van der Waals surface area contributed by atoms with E-state index in [0.717, 1.165) is 63.6 Å². The largest absolute Gasteiger partial charge is 0.471 e. The molecule has 2 aliphatic heterocycles. The minimum absolute atomic E-state index is 0.0321. The van der Waals surface area contributed by atoms with Crippen LogP contribution in [0.15, 0.2) is 64.2 Å². The van der Waals surface area contributed by atoms with Crippen LogP contribution in [0.2, 0.25) is 0 Å². The van der Waals surface area contributed by atoms with Crippen LogP contribution in [-0.4, -0.2) is 37.4 Å². The number of fused-ring (bicyclic) bond motifs is 1. The number of rotatable bonds is 10. The Morgan fingerprint density at radius 2 is 1.86 bits per heavy atom. The van der Waals surface area contributed by atoms with E-state index in [1.165, 1.54) is 5.56 Å². The molecule has 37 heavy (non-hydrogen) atoms. The van der Waals surface area contributed by atoms with Gasteiger partial charge in [-0.15, -0.1) is 0 Å². The highest BCUT2D eigenvalue weighted by atomic mass is 79.9. The molecule has 6 nitrogen and oxygen atoms in total. The number of pyridine rings is 1. The quantitative estimate of drug-likeness (QED) is 0.250. The second kappa shape index (κ2) is 11.7. The maximum Gasteiger partial charge on any atom is 0.231 e. The Kier molecular flexibility index (Phi) is 8.11. The molecular formula is C30H33BrN2O4. The zero-order valence-electron chi connectivity index (χ0n) is 21.6. The fourth-order valence-electron chi connectivity index (χ4n) is 4.90. The van der Waals surface area contributed by atoms with E-state index in [-0.39, 0.29) is 24.9 Å². The number of nitrogens with zero attached hydrogens (tertiary/aromatic N) is 2. The van der Waals surface area contributed by atoms with Gasteiger partial charge in [0.15, 0.2) is 17.4 Å². The summed E-state index contributed by atoms with van der Waals surface area (Å²) in [5, 5.41) is 0. The molecule has 3 heterocycles. The van der Waals surface area contributed by atoms with E-state index in [9.17, 15) is 0 Å². The molecular weight excluding hydrogens is 532 g/mol. The zero-order valence-corrected chi connectivity index (χ0v) is 23.2. The van der Waals surface area contributed by atoms with E-state index in [0.29, 0.717) is 13.0 Å². The predicted octanol–water partition coefficient (Wildman–Crippen LogP) is 6.93. The fourth-order valence-corrected chi connectivity index (χ4v) is 5.54. The first kappa shape index (κ1) is 25.7. The van der Waals surface area contributed by atoms with Gasteiger partial charge < -0.3 is 18.9 Å². The Labute approximate surface area is 227 Å². The van der Waals surface area contributed by atoms with Gasteiger partial charge in [-0.25, -0.2) is 9.98 Å². The van der Waals surface area contributed by atoms with Crippen molar-refractivity contribution in [2.75, 3.05) is 20.5 Å². The highest BCUT2D eigenvalue weighted by molar-refractivity contribution is 9.10.